The number of nitrogens with one attached hydrogen (secondary N) is 1. The van der Waals surface area contributed by atoms with Crippen LogP contribution in [-0.4, -0.2) is 21.7 Å². The summed E-state index contributed by atoms with van der Waals surface area (Å²) in [5, 5.41) is 6.86. The molecule has 16 heavy (non-hydrogen) atoms. The summed E-state index contributed by atoms with van der Waals surface area (Å²) >= 11 is 0. The molecule has 1 heterocycles. The van der Waals surface area contributed by atoms with Crippen molar-refractivity contribution < 1.29 is 4.79 Å². The summed E-state index contributed by atoms with van der Waals surface area (Å²) in [6.45, 7) is 4.85. The molecule has 0 aliphatic heterocycles. The first-order valence-corrected chi connectivity index (χ1v) is 5.73. The van der Waals surface area contributed by atoms with Crippen molar-refractivity contribution in [3.05, 3.63) is 12.4 Å². The van der Waals surface area contributed by atoms with E-state index in [0.29, 0.717) is 6.42 Å². The van der Waals surface area contributed by atoms with Crippen molar-refractivity contribution in [1.82, 2.24) is 9.78 Å². The third kappa shape index (κ3) is 4.02. The lowest BCUT2D eigenvalue weighted by Crippen LogP contribution is -2.26. The number of aryl methyl sites for hydroxylation is 1. The van der Waals surface area contributed by atoms with E-state index in [1.807, 2.05) is 13.1 Å². The summed E-state index contributed by atoms with van der Waals surface area (Å²) in [5.41, 5.74) is 6.52. The number of carbonyl (C=O) groups excluding carboxylic acids is 1. The van der Waals surface area contributed by atoms with Gasteiger partial charge < -0.3 is 11.1 Å². The number of hydrogen-bond acceptors (Lipinski definition) is 3. The Morgan fingerprint density at radius 2 is 2.38 bits per heavy atom. The first kappa shape index (κ1) is 12.7. The van der Waals surface area contributed by atoms with Crippen molar-refractivity contribution in [1.29, 1.82) is 0 Å². The van der Waals surface area contributed by atoms with Gasteiger partial charge in [-0.05, 0) is 13.3 Å². The van der Waals surface area contributed by atoms with Crippen LogP contribution in [0.5, 0.6) is 0 Å². The molecule has 0 radical (unpaired) electrons. The highest BCUT2D eigenvalue weighted by Gasteiger charge is 2.09. The number of carbonyl (C=O) groups is 1. The van der Waals surface area contributed by atoms with Crippen LogP contribution in [0.1, 0.15) is 33.1 Å². The van der Waals surface area contributed by atoms with Crippen LogP contribution in [0.2, 0.25) is 0 Å². The zero-order chi connectivity index (χ0) is 12.0. The number of anilines is 1. The molecule has 0 aliphatic rings. The smallest absolute Gasteiger partial charge is 0.226 e. The second-order valence-electron chi connectivity index (χ2n) is 3.89. The summed E-state index contributed by atoms with van der Waals surface area (Å²) in [6.07, 6.45) is 5.70. The van der Waals surface area contributed by atoms with Gasteiger partial charge in [0, 0.05) is 25.2 Å². The second-order valence-corrected chi connectivity index (χ2v) is 3.89. The molecule has 1 amide bonds. The van der Waals surface area contributed by atoms with E-state index in [4.69, 9.17) is 5.73 Å². The Morgan fingerprint density at radius 1 is 1.62 bits per heavy atom. The lowest BCUT2D eigenvalue weighted by molar-refractivity contribution is -0.116. The van der Waals surface area contributed by atoms with Crippen LogP contribution in [0.25, 0.3) is 0 Å². The van der Waals surface area contributed by atoms with Gasteiger partial charge in [0.2, 0.25) is 5.91 Å². The van der Waals surface area contributed by atoms with Crippen molar-refractivity contribution >= 4 is 11.6 Å². The third-order valence-electron chi connectivity index (χ3n) is 2.35. The Labute approximate surface area is 96.0 Å². The highest BCUT2D eigenvalue weighted by molar-refractivity contribution is 5.90. The topological polar surface area (TPSA) is 72.9 Å². The summed E-state index contributed by atoms with van der Waals surface area (Å²) in [6, 6.07) is -0.0498. The lowest BCUT2D eigenvalue weighted by atomic mass is 10.1. The minimum absolute atomic E-state index is 0.0448. The molecule has 1 atom stereocenters. The van der Waals surface area contributed by atoms with Crippen LogP contribution in [0.4, 0.5) is 5.69 Å². The predicted octanol–water partition coefficient (Wildman–Crippen LogP) is 1.36. The molecule has 3 N–H and O–H groups in total. The Balaban J connectivity index is 2.39. The van der Waals surface area contributed by atoms with Gasteiger partial charge in [0.25, 0.3) is 0 Å². The monoisotopic (exact) mass is 224 g/mol. The Morgan fingerprint density at radius 3 is 2.94 bits per heavy atom. The van der Waals surface area contributed by atoms with Crippen molar-refractivity contribution in [2.45, 2.75) is 45.7 Å². The molecule has 0 aromatic carbocycles. The number of hydrogen-bond donors (Lipinski definition) is 2. The number of nitrogens with zero attached hydrogens (tertiary/aromatic N) is 2. The molecular formula is C11H20N4O. The third-order valence-corrected chi connectivity index (χ3v) is 2.35. The van der Waals surface area contributed by atoms with Crippen LogP contribution < -0.4 is 11.1 Å². The zero-order valence-electron chi connectivity index (χ0n) is 9.94. The van der Waals surface area contributed by atoms with Crippen LogP contribution in [-0.2, 0) is 11.3 Å². The van der Waals surface area contributed by atoms with E-state index in [2.05, 4.69) is 17.3 Å². The average molecular weight is 224 g/mol. The van der Waals surface area contributed by atoms with Gasteiger partial charge in [0.1, 0.15) is 0 Å². The van der Waals surface area contributed by atoms with E-state index < -0.39 is 0 Å². The molecule has 0 saturated carbocycles. The summed E-state index contributed by atoms with van der Waals surface area (Å²) < 4.78 is 1.77. The quantitative estimate of drug-likeness (QED) is 0.766. The first-order valence-electron chi connectivity index (χ1n) is 5.73. The average Bonchev–Trinajstić information content (AvgIpc) is 2.65. The number of aromatic nitrogens is 2. The Kier molecular flexibility index (Phi) is 4.98. The molecule has 0 spiro atoms. The van der Waals surface area contributed by atoms with Gasteiger partial charge in [0.15, 0.2) is 0 Å². The molecule has 0 fully saturated rings. The van der Waals surface area contributed by atoms with E-state index in [0.717, 1.165) is 25.1 Å². The minimum atomic E-state index is -0.0498. The maximum atomic E-state index is 11.6. The molecule has 5 nitrogen and oxygen atoms in total. The van der Waals surface area contributed by atoms with E-state index in [-0.39, 0.29) is 11.9 Å². The molecular weight excluding hydrogens is 204 g/mol. The minimum Gasteiger partial charge on any atom is -0.327 e. The van der Waals surface area contributed by atoms with Gasteiger partial charge in [0.05, 0.1) is 11.9 Å². The summed E-state index contributed by atoms with van der Waals surface area (Å²) in [5.74, 6) is -0.0448. The van der Waals surface area contributed by atoms with Gasteiger partial charge in [-0.1, -0.05) is 13.3 Å². The number of amides is 1. The van der Waals surface area contributed by atoms with Gasteiger partial charge in [-0.25, -0.2) is 0 Å². The van der Waals surface area contributed by atoms with Crippen LogP contribution in [0, 0.1) is 0 Å². The molecule has 0 saturated heterocycles. The van der Waals surface area contributed by atoms with E-state index in [1.54, 1.807) is 10.9 Å². The molecule has 1 rings (SSSR count). The van der Waals surface area contributed by atoms with E-state index >= 15 is 0 Å². The molecule has 1 aromatic rings. The maximum Gasteiger partial charge on any atom is 0.226 e. The largest absolute Gasteiger partial charge is 0.327 e. The number of rotatable bonds is 6. The molecule has 1 aromatic heterocycles. The van der Waals surface area contributed by atoms with Crippen LogP contribution in [0.3, 0.4) is 0 Å². The molecule has 1 unspecified atom stereocenters. The fourth-order valence-corrected chi connectivity index (χ4v) is 1.52. The van der Waals surface area contributed by atoms with Crippen molar-refractivity contribution in [3.63, 3.8) is 0 Å². The Bertz CT molecular complexity index is 334. The Hall–Kier alpha value is -1.36. The predicted molar refractivity (Wildman–Crippen MR) is 64.0 cm³/mol. The van der Waals surface area contributed by atoms with Crippen LogP contribution >= 0.6 is 0 Å². The fourth-order valence-electron chi connectivity index (χ4n) is 1.52. The molecule has 5 heteroatoms. The highest BCUT2D eigenvalue weighted by Crippen LogP contribution is 2.06. The first-order chi connectivity index (χ1) is 7.65. The van der Waals surface area contributed by atoms with Gasteiger partial charge in [-0.15, -0.1) is 0 Å². The fraction of sp³-hybridized carbons (Fsp3) is 0.636. The van der Waals surface area contributed by atoms with E-state index in [9.17, 15) is 4.79 Å². The normalized spacial score (nSPS) is 12.4. The van der Waals surface area contributed by atoms with Gasteiger partial charge >= 0.3 is 0 Å². The standard InChI is InChI=1S/C11H20N4O/c1-3-5-9(12)6-11(16)14-10-7-13-15(4-2)8-10/h7-9H,3-6,12H2,1-2H3,(H,14,16). The highest BCUT2D eigenvalue weighted by atomic mass is 16.1. The summed E-state index contributed by atoms with van der Waals surface area (Å²) in [7, 11) is 0. The van der Waals surface area contributed by atoms with Crippen LogP contribution in [0.15, 0.2) is 12.4 Å². The summed E-state index contributed by atoms with van der Waals surface area (Å²) in [4.78, 5) is 11.6. The molecule has 0 bridgehead atoms. The number of nitrogens with two attached hydrogens (primary N) is 1. The van der Waals surface area contributed by atoms with Crippen molar-refractivity contribution in [3.8, 4) is 0 Å². The lowest BCUT2D eigenvalue weighted by Gasteiger charge is -2.09. The van der Waals surface area contributed by atoms with Gasteiger partial charge in [-0.2, -0.15) is 5.10 Å². The van der Waals surface area contributed by atoms with Crippen molar-refractivity contribution in [2.75, 3.05) is 5.32 Å². The van der Waals surface area contributed by atoms with Crippen molar-refractivity contribution in [2.24, 2.45) is 5.73 Å². The second kappa shape index (κ2) is 6.27. The van der Waals surface area contributed by atoms with Gasteiger partial charge in [-0.3, -0.25) is 9.48 Å². The SMILES string of the molecule is CCCC(N)CC(=O)Nc1cnn(CC)c1. The maximum absolute atomic E-state index is 11.6. The van der Waals surface area contributed by atoms with E-state index in [1.165, 1.54) is 0 Å². The molecule has 0 aliphatic carbocycles. The molecule has 90 valence electrons. The zero-order valence-corrected chi connectivity index (χ0v) is 9.94.